The molecule has 5 heteroatoms. The third-order valence-corrected chi connectivity index (χ3v) is 4.53. The summed E-state index contributed by atoms with van der Waals surface area (Å²) < 4.78 is 0. The lowest BCUT2D eigenvalue weighted by molar-refractivity contribution is -0.147. The molecule has 0 radical (unpaired) electrons. The summed E-state index contributed by atoms with van der Waals surface area (Å²) >= 11 is 0. The van der Waals surface area contributed by atoms with E-state index in [0.29, 0.717) is 12.8 Å². The Morgan fingerprint density at radius 2 is 2.26 bits per heavy atom. The summed E-state index contributed by atoms with van der Waals surface area (Å²) in [5.41, 5.74) is 7.89. The van der Waals surface area contributed by atoms with Gasteiger partial charge in [0.15, 0.2) is 0 Å². The van der Waals surface area contributed by atoms with Gasteiger partial charge in [-0.3, -0.25) is 9.69 Å². The highest BCUT2D eigenvalue weighted by atomic mass is 16.4. The fourth-order valence-corrected chi connectivity index (χ4v) is 3.46. The van der Waals surface area contributed by atoms with Crippen molar-refractivity contribution in [3.63, 3.8) is 0 Å². The van der Waals surface area contributed by atoms with Crippen LogP contribution in [0.5, 0.6) is 0 Å². The van der Waals surface area contributed by atoms with E-state index in [1.165, 1.54) is 4.90 Å². The molecule has 4 unspecified atom stereocenters. The topological polar surface area (TPSA) is 83.6 Å². The van der Waals surface area contributed by atoms with Crippen molar-refractivity contribution in [2.45, 2.75) is 38.3 Å². The smallest absolute Gasteiger partial charge is 0.326 e. The Balaban J connectivity index is 2.11. The Bertz CT molecular complexity index is 509. The van der Waals surface area contributed by atoms with E-state index >= 15 is 0 Å². The Morgan fingerprint density at radius 3 is 2.95 bits per heavy atom. The summed E-state index contributed by atoms with van der Waals surface area (Å²) in [6, 6.07) is -1.34. The van der Waals surface area contributed by atoms with Gasteiger partial charge in [-0.25, -0.2) is 4.79 Å². The van der Waals surface area contributed by atoms with E-state index in [2.05, 4.69) is 13.0 Å². The van der Waals surface area contributed by atoms with E-state index in [4.69, 9.17) is 5.73 Å². The first-order valence-corrected chi connectivity index (χ1v) is 6.73. The third-order valence-electron chi connectivity index (χ3n) is 4.53. The summed E-state index contributed by atoms with van der Waals surface area (Å²) in [5, 5.41) is 9.38. The van der Waals surface area contributed by atoms with Crippen LogP contribution in [0.4, 0.5) is 0 Å². The van der Waals surface area contributed by atoms with Crippen LogP contribution in [-0.4, -0.2) is 34.0 Å². The molecule has 2 aliphatic heterocycles. The van der Waals surface area contributed by atoms with Gasteiger partial charge in [0.1, 0.15) is 6.04 Å². The van der Waals surface area contributed by atoms with Gasteiger partial charge in [0.2, 0.25) is 5.91 Å². The van der Waals surface area contributed by atoms with Crippen molar-refractivity contribution in [3.8, 4) is 0 Å². The van der Waals surface area contributed by atoms with E-state index in [9.17, 15) is 14.7 Å². The lowest BCUT2D eigenvalue weighted by Crippen LogP contribution is -2.47. The molecule has 1 saturated heterocycles. The molecule has 0 spiro atoms. The molecule has 4 atom stereocenters. The van der Waals surface area contributed by atoms with Crippen molar-refractivity contribution < 1.29 is 14.7 Å². The molecule has 0 saturated carbocycles. The molecular formula is C14H18N2O3. The van der Waals surface area contributed by atoms with Crippen LogP contribution in [0.3, 0.4) is 0 Å². The lowest BCUT2D eigenvalue weighted by atomic mass is 9.82. The first-order valence-electron chi connectivity index (χ1n) is 6.73. The van der Waals surface area contributed by atoms with Gasteiger partial charge in [-0.2, -0.15) is 0 Å². The number of rotatable bonds is 1. The molecule has 3 aliphatic rings. The Hall–Kier alpha value is -1.62. The highest BCUT2D eigenvalue weighted by molar-refractivity contribution is 5.90. The van der Waals surface area contributed by atoms with E-state index < -0.39 is 18.1 Å². The molecule has 3 N–H and O–H groups in total. The van der Waals surface area contributed by atoms with E-state index in [1.807, 2.05) is 6.08 Å². The molecular weight excluding hydrogens is 244 g/mol. The number of nitrogens with two attached hydrogens (primary N) is 1. The zero-order valence-electron chi connectivity index (χ0n) is 10.9. The van der Waals surface area contributed by atoms with E-state index in [0.717, 1.165) is 17.7 Å². The van der Waals surface area contributed by atoms with Gasteiger partial charge in [0.05, 0.1) is 6.04 Å². The first-order chi connectivity index (χ1) is 9.00. The van der Waals surface area contributed by atoms with Gasteiger partial charge in [-0.05, 0) is 30.8 Å². The molecule has 19 heavy (non-hydrogen) atoms. The van der Waals surface area contributed by atoms with Gasteiger partial charge in [0.25, 0.3) is 0 Å². The number of carbonyl (C=O) groups excluding carboxylic acids is 1. The average molecular weight is 262 g/mol. The Kier molecular flexibility index (Phi) is 2.74. The molecule has 1 amide bonds. The van der Waals surface area contributed by atoms with Crippen LogP contribution in [0.15, 0.2) is 23.4 Å². The monoisotopic (exact) mass is 262 g/mol. The number of hydrogen-bond donors (Lipinski definition) is 2. The Morgan fingerprint density at radius 1 is 1.53 bits per heavy atom. The predicted octanol–water partition coefficient (Wildman–Crippen LogP) is 0.869. The van der Waals surface area contributed by atoms with Crippen LogP contribution < -0.4 is 5.73 Å². The maximum absolute atomic E-state index is 12.4. The minimum atomic E-state index is -0.934. The van der Waals surface area contributed by atoms with Crippen molar-refractivity contribution in [1.29, 1.82) is 0 Å². The molecule has 0 bridgehead atoms. The van der Waals surface area contributed by atoms with Crippen molar-refractivity contribution in [3.05, 3.63) is 23.4 Å². The number of carbonyl (C=O) groups is 2. The summed E-state index contributed by atoms with van der Waals surface area (Å²) in [6.45, 7) is 2.07. The highest BCUT2D eigenvalue weighted by Gasteiger charge is 2.48. The maximum Gasteiger partial charge on any atom is 0.326 e. The second-order valence-electron chi connectivity index (χ2n) is 5.68. The number of carboxylic acids is 1. The number of aliphatic carboxylic acids is 1. The third kappa shape index (κ3) is 1.72. The largest absolute Gasteiger partial charge is 0.480 e. The van der Waals surface area contributed by atoms with Gasteiger partial charge < -0.3 is 10.8 Å². The minimum Gasteiger partial charge on any atom is -0.480 e. The quantitative estimate of drug-likeness (QED) is 0.734. The fourth-order valence-electron chi connectivity index (χ4n) is 3.46. The second kappa shape index (κ2) is 4.20. The van der Waals surface area contributed by atoms with Crippen LogP contribution in [0.1, 0.15) is 26.2 Å². The molecule has 2 heterocycles. The number of allylic oxidation sites excluding steroid dienone is 4. The van der Waals surface area contributed by atoms with Crippen molar-refractivity contribution >= 4 is 11.9 Å². The van der Waals surface area contributed by atoms with Crippen molar-refractivity contribution in [1.82, 2.24) is 4.90 Å². The predicted molar refractivity (Wildman–Crippen MR) is 68.9 cm³/mol. The summed E-state index contributed by atoms with van der Waals surface area (Å²) in [6.07, 6.45) is 6.00. The standard InChI is InChI=1S/C14H18N2O3/c1-7-2-3-8-4-5-10(15)13(17)16-11(14(18)19)6-9(7)12(8)16/h2-3,7,9-11H,4-6,15H2,1H3,(H,18,19). The van der Waals surface area contributed by atoms with Gasteiger partial charge in [-0.1, -0.05) is 19.1 Å². The van der Waals surface area contributed by atoms with Gasteiger partial charge in [-0.15, -0.1) is 0 Å². The van der Waals surface area contributed by atoms with Crippen LogP contribution in [0, 0.1) is 11.8 Å². The minimum absolute atomic E-state index is 0.135. The average Bonchev–Trinajstić information content (AvgIpc) is 2.73. The number of carboxylic acid groups (broad SMARTS) is 1. The van der Waals surface area contributed by atoms with Crippen LogP contribution in [0.2, 0.25) is 0 Å². The molecule has 102 valence electrons. The number of amides is 1. The molecule has 3 rings (SSSR count). The highest BCUT2D eigenvalue weighted by Crippen LogP contribution is 2.45. The number of nitrogens with zero attached hydrogens (tertiary/aromatic N) is 1. The molecule has 1 fully saturated rings. The summed E-state index contributed by atoms with van der Waals surface area (Å²) in [7, 11) is 0. The molecule has 1 aliphatic carbocycles. The summed E-state index contributed by atoms with van der Waals surface area (Å²) in [4.78, 5) is 25.3. The SMILES string of the molecule is CC1C=CC2=C3C1CC(C(=O)O)N3C(=O)C(N)CC2. The van der Waals surface area contributed by atoms with Crippen LogP contribution in [-0.2, 0) is 9.59 Å². The van der Waals surface area contributed by atoms with Gasteiger partial charge >= 0.3 is 5.97 Å². The zero-order valence-corrected chi connectivity index (χ0v) is 10.9. The first kappa shape index (κ1) is 12.4. The van der Waals surface area contributed by atoms with Crippen LogP contribution in [0.25, 0.3) is 0 Å². The van der Waals surface area contributed by atoms with Crippen molar-refractivity contribution in [2.24, 2.45) is 17.6 Å². The van der Waals surface area contributed by atoms with Crippen LogP contribution >= 0.6 is 0 Å². The van der Waals surface area contributed by atoms with E-state index in [-0.39, 0.29) is 17.7 Å². The lowest BCUT2D eigenvalue weighted by Gasteiger charge is -2.28. The summed E-state index contributed by atoms with van der Waals surface area (Å²) in [5.74, 6) is -0.763. The van der Waals surface area contributed by atoms with Gasteiger partial charge in [0, 0.05) is 11.6 Å². The zero-order chi connectivity index (χ0) is 13.7. The Labute approximate surface area is 111 Å². The number of hydrogen-bond acceptors (Lipinski definition) is 3. The fraction of sp³-hybridized carbons (Fsp3) is 0.571. The molecule has 0 aromatic heterocycles. The second-order valence-corrected chi connectivity index (χ2v) is 5.68. The van der Waals surface area contributed by atoms with E-state index in [1.54, 1.807) is 0 Å². The van der Waals surface area contributed by atoms with Crippen molar-refractivity contribution in [2.75, 3.05) is 0 Å². The molecule has 5 nitrogen and oxygen atoms in total. The molecule has 0 aromatic carbocycles. The maximum atomic E-state index is 12.4. The normalized spacial score (nSPS) is 37.4. The molecule has 0 aromatic rings.